The van der Waals surface area contributed by atoms with E-state index in [4.69, 9.17) is 10.5 Å². The van der Waals surface area contributed by atoms with Crippen LogP contribution in [-0.4, -0.2) is 41.4 Å². The highest BCUT2D eigenvalue weighted by Crippen LogP contribution is 2.28. The van der Waals surface area contributed by atoms with Crippen molar-refractivity contribution in [3.8, 4) is 11.5 Å². The summed E-state index contributed by atoms with van der Waals surface area (Å²) >= 11 is 0. The zero-order valence-electron chi connectivity index (χ0n) is 19.3. The molecule has 0 saturated carbocycles. The number of phenols is 1. The Bertz CT molecular complexity index is 1300. The van der Waals surface area contributed by atoms with E-state index in [-0.39, 0.29) is 11.3 Å². The molecule has 0 aliphatic carbocycles. The Balaban J connectivity index is 1.26. The minimum atomic E-state index is -0.775. The number of H-pyrrole nitrogens is 1. The highest BCUT2D eigenvalue weighted by atomic mass is 16.5. The number of benzene rings is 3. The summed E-state index contributed by atoms with van der Waals surface area (Å²) in [5, 5.41) is 27.9. The molecule has 35 heavy (non-hydrogen) atoms. The number of nitrogens with two attached hydrogens (primary N) is 1. The van der Waals surface area contributed by atoms with Gasteiger partial charge in [0.1, 0.15) is 18.1 Å². The average molecular weight is 475 g/mol. The average Bonchev–Trinajstić information content (AvgIpc) is 2.87. The van der Waals surface area contributed by atoms with E-state index < -0.39 is 6.10 Å². The number of hydrogen-bond acceptors (Lipinski definition) is 7. The molecule has 7 N–H and O–H groups in total. The molecule has 0 radical (unpaired) electrons. The van der Waals surface area contributed by atoms with Gasteiger partial charge in [-0.05, 0) is 72.6 Å². The Labute approximate surface area is 203 Å². The maximum absolute atomic E-state index is 11.6. The number of ether oxygens (including phenoxy) is 1. The molecule has 0 amide bonds. The van der Waals surface area contributed by atoms with E-state index in [9.17, 15) is 15.0 Å². The monoisotopic (exact) mass is 474 g/mol. The van der Waals surface area contributed by atoms with Crippen molar-refractivity contribution < 1.29 is 14.9 Å². The van der Waals surface area contributed by atoms with Gasteiger partial charge in [0.2, 0.25) is 5.56 Å². The number of anilines is 2. The molecule has 1 heterocycles. The van der Waals surface area contributed by atoms with Gasteiger partial charge in [-0.15, -0.1) is 0 Å². The largest absolute Gasteiger partial charge is 0.506 e. The van der Waals surface area contributed by atoms with Crippen LogP contribution in [-0.2, 0) is 6.42 Å². The highest BCUT2D eigenvalue weighted by Gasteiger charge is 2.13. The number of nitrogens with one attached hydrogen (secondary N) is 3. The van der Waals surface area contributed by atoms with E-state index in [1.165, 1.54) is 17.7 Å². The van der Waals surface area contributed by atoms with Crippen LogP contribution in [0.3, 0.4) is 0 Å². The topological polar surface area (TPSA) is 133 Å². The molecule has 4 aromatic rings. The third-order valence-corrected chi connectivity index (χ3v) is 5.68. The number of aromatic amines is 1. The van der Waals surface area contributed by atoms with Crippen LogP contribution in [0.4, 0.5) is 11.4 Å². The zero-order chi connectivity index (χ0) is 24.6. The Kier molecular flexibility index (Phi) is 7.99. The number of aromatic hydroxyl groups is 1. The fourth-order valence-electron chi connectivity index (χ4n) is 3.86. The van der Waals surface area contributed by atoms with Crippen molar-refractivity contribution in [1.29, 1.82) is 0 Å². The summed E-state index contributed by atoms with van der Waals surface area (Å²) in [5.41, 5.74) is 9.27. The molecule has 0 spiro atoms. The molecule has 4 rings (SSSR count). The molecule has 0 aliphatic rings. The molecule has 0 bridgehead atoms. The third-order valence-electron chi connectivity index (χ3n) is 5.68. The normalized spacial score (nSPS) is 11.9. The van der Waals surface area contributed by atoms with Crippen molar-refractivity contribution in [2.75, 3.05) is 31.6 Å². The van der Waals surface area contributed by atoms with E-state index in [2.05, 4.69) is 27.8 Å². The van der Waals surface area contributed by atoms with Gasteiger partial charge in [0.15, 0.2) is 0 Å². The quantitative estimate of drug-likeness (QED) is 0.184. The Morgan fingerprint density at radius 1 is 0.943 bits per heavy atom. The Morgan fingerprint density at radius 3 is 2.37 bits per heavy atom. The molecule has 8 nitrogen and oxygen atoms in total. The van der Waals surface area contributed by atoms with Crippen LogP contribution in [0, 0.1) is 0 Å². The molecule has 0 unspecified atom stereocenters. The SMILES string of the molecule is NCCOc1ccc(Nc2ccc(CCNC[C@H](O)c3ccc(O)c4[nH]c(=O)ccc34)cc2)cc1. The van der Waals surface area contributed by atoms with Crippen LogP contribution in [0.25, 0.3) is 10.9 Å². The van der Waals surface area contributed by atoms with Crippen molar-refractivity contribution in [2.45, 2.75) is 12.5 Å². The van der Waals surface area contributed by atoms with Crippen molar-refractivity contribution >= 4 is 22.3 Å². The number of aliphatic hydroxyl groups excluding tert-OH is 1. The lowest BCUT2D eigenvalue weighted by Gasteiger charge is -2.15. The van der Waals surface area contributed by atoms with Gasteiger partial charge >= 0.3 is 0 Å². The lowest BCUT2D eigenvalue weighted by atomic mass is 10.0. The molecule has 1 atom stereocenters. The standard InChI is InChI=1S/C27H30N4O4/c28-14-16-35-21-7-5-20(6-8-21)30-19-3-1-18(2-4-19)13-15-29-17-25(33)22-9-11-24(32)27-23(22)10-12-26(34)31-27/h1-12,25,29-30,32-33H,13-17,28H2,(H,31,34)/t25-/m0/s1. The maximum atomic E-state index is 11.6. The number of aromatic nitrogens is 1. The lowest BCUT2D eigenvalue weighted by Crippen LogP contribution is -2.24. The van der Waals surface area contributed by atoms with E-state index >= 15 is 0 Å². The minimum Gasteiger partial charge on any atom is -0.506 e. The van der Waals surface area contributed by atoms with Gasteiger partial charge in [0.05, 0.1) is 11.6 Å². The summed E-state index contributed by atoms with van der Waals surface area (Å²) in [7, 11) is 0. The first-order valence-corrected chi connectivity index (χ1v) is 11.6. The first kappa shape index (κ1) is 24.3. The van der Waals surface area contributed by atoms with Gasteiger partial charge < -0.3 is 36.3 Å². The number of rotatable bonds is 11. The van der Waals surface area contributed by atoms with Crippen LogP contribution in [0.5, 0.6) is 11.5 Å². The summed E-state index contributed by atoms with van der Waals surface area (Å²) in [6.07, 6.45) is 0.0340. The number of fused-ring (bicyclic) bond motifs is 1. The van der Waals surface area contributed by atoms with Crippen molar-refractivity contribution in [3.05, 3.63) is 94.3 Å². The van der Waals surface area contributed by atoms with Gasteiger partial charge in [0, 0.05) is 35.9 Å². The van der Waals surface area contributed by atoms with Crippen LogP contribution in [0.1, 0.15) is 17.2 Å². The molecule has 3 aromatic carbocycles. The van der Waals surface area contributed by atoms with Crippen molar-refractivity contribution in [1.82, 2.24) is 10.3 Å². The second kappa shape index (κ2) is 11.5. The summed E-state index contributed by atoms with van der Waals surface area (Å²) in [6, 6.07) is 22.1. The molecular formula is C27H30N4O4. The third kappa shape index (κ3) is 6.39. The first-order valence-electron chi connectivity index (χ1n) is 11.6. The predicted molar refractivity (Wildman–Crippen MR) is 138 cm³/mol. The maximum Gasteiger partial charge on any atom is 0.248 e. The molecule has 0 fully saturated rings. The predicted octanol–water partition coefficient (Wildman–Crippen LogP) is 3.18. The molecule has 0 aliphatic heterocycles. The molecule has 0 saturated heterocycles. The fraction of sp³-hybridized carbons (Fsp3) is 0.222. The van der Waals surface area contributed by atoms with Crippen molar-refractivity contribution in [3.63, 3.8) is 0 Å². The zero-order valence-corrected chi connectivity index (χ0v) is 19.3. The van der Waals surface area contributed by atoms with E-state index in [0.29, 0.717) is 42.7 Å². The first-order chi connectivity index (χ1) is 17.0. The second-order valence-corrected chi connectivity index (χ2v) is 8.24. The summed E-state index contributed by atoms with van der Waals surface area (Å²) in [5.74, 6) is 0.774. The lowest BCUT2D eigenvalue weighted by molar-refractivity contribution is 0.176. The minimum absolute atomic E-state index is 0.0203. The molecule has 1 aromatic heterocycles. The van der Waals surface area contributed by atoms with Gasteiger partial charge in [-0.1, -0.05) is 18.2 Å². The van der Waals surface area contributed by atoms with E-state index in [1.807, 2.05) is 36.4 Å². The molecular weight excluding hydrogens is 444 g/mol. The fourth-order valence-corrected chi connectivity index (χ4v) is 3.86. The van der Waals surface area contributed by atoms with Gasteiger partial charge in [0.25, 0.3) is 0 Å². The van der Waals surface area contributed by atoms with Crippen molar-refractivity contribution in [2.24, 2.45) is 5.73 Å². The van der Waals surface area contributed by atoms with Gasteiger partial charge in [-0.25, -0.2) is 0 Å². The summed E-state index contributed by atoms with van der Waals surface area (Å²) < 4.78 is 5.49. The number of aliphatic hydroxyl groups is 1. The van der Waals surface area contributed by atoms with Crippen LogP contribution in [0.2, 0.25) is 0 Å². The van der Waals surface area contributed by atoms with Crippen LogP contribution < -0.4 is 26.7 Å². The van der Waals surface area contributed by atoms with Gasteiger partial charge in [-0.2, -0.15) is 0 Å². The Hall–Kier alpha value is -3.85. The highest BCUT2D eigenvalue weighted by molar-refractivity contribution is 5.87. The molecule has 8 heteroatoms. The van der Waals surface area contributed by atoms with E-state index in [0.717, 1.165) is 23.5 Å². The number of hydrogen-bond donors (Lipinski definition) is 6. The Morgan fingerprint density at radius 2 is 1.66 bits per heavy atom. The molecule has 182 valence electrons. The van der Waals surface area contributed by atoms with E-state index in [1.54, 1.807) is 12.1 Å². The second-order valence-electron chi connectivity index (χ2n) is 8.24. The summed E-state index contributed by atoms with van der Waals surface area (Å²) in [6.45, 7) is 2.03. The van der Waals surface area contributed by atoms with Crippen LogP contribution >= 0.6 is 0 Å². The number of phenolic OH excluding ortho intramolecular Hbond substituents is 1. The summed E-state index contributed by atoms with van der Waals surface area (Å²) in [4.78, 5) is 14.2. The van der Waals surface area contributed by atoms with Crippen LogP contribution in [0.15, 0.2) is 77.6 Å². The number of pyridine rings is 1. The van der Waals surface area contributed by atoms with Gasteiger partial charge in [-0.3, -0.25) is 4.79 Å². The smallest absolute Gasteiger partial charge is 0.248 e.